The molecule has 0 aromatic rings. The van der Waals surface area contributed by atoms with Crippen molar-refractivity contribution < 1.29 is 4.79 Å². The van der Waals surface area contributed by atoms with Crippen LogP contribution in [0.1, 0.15) is 41.5 Å². The van der Waals surface area contributed by atoms with Gasteiger partial charge in [-0.3, -0.25) is 4.79 Å². The van der Waals surface area contributed by atoms with Crippen LogP contribution in [0.15, 0.2) is 0 Å². The van der Waals surface area contributed by atoms with Crippen LogP contribution in [0.5, 0.6) is 0 Å². The predicted molar refractivity (Wildman–Crippen MR) is 62.4 cm³/mol. The monoisotopic (exact) mass is 202 g/mol. The Labute approximate surface area is 88.9 Å². The Balaban J connectivity index is 0. The van der Waals surface area contributed by atoms with Gasteiger partial charge >= 0.3 is 0 Å². The quantitative estimate of drug-likeness (QED) is 0.658. The Kier molecular flexibility index (Phi) is 11.9. The third-order valence-corrected chi connectivity index (χ3v) is 1.73. The van der Waals surface area contributed by atoms with Gasteiger partial charge in [0.25, 0.3) is 0 Å². The molecule has 2 unspecified atom stereocenters. The van der Waals surface area contributed by atoms with Crippen molar-refractivity contribution in [1.82, 2.24) is 10.2 Å². The van der Waals surface area contributed by atoms with E-state index >= 15 is 0 Å². The SMILES string of the molecule is CC.CC.CC1CN(C=O)CC(C)N1. The Morgan fingerprint density at radius 3 is 1.71 bits per heavy atom. The summed E-state index contributed by atoms with van der Waals surface area (Å²) in [7, 11) is 0. The maximum atomic E-state index is 10.3. The van der Waals surface area contributed by atoms with Crippen LogP contribution >= 0.6 is 0 Å². The maximum absolute atomic E-state index is 10.3. The molecule has 0 aromatic carbocycles. The number of amides is 1. The molecule has 3 nitrogen and oxygen atoms in total. The minimum Gasteiger partial charge on any atom is -0.342 e. The largest absolute Gasteiger partial charge is 0.342 e. The molecular formula is C11H26N2O. The summed E-state index contributed by atoms with van der Waals surface area (Å²) in [5.74, 6) is 0. The Hall–Kier alpha value is -0.570. The number of rotatable bonds is 1. The first-order valence-corrected chi connectivity index (χ1v) is 5.67. The summed E-state index contributed by atoms with van der Waals surface area (Å²) in [6, 6.07) is 0.878. The maximum Gasteiger partial charge on any atom is 0.209 e. The number of hydrogen-bond acceptors (Lipinski definition) is 2. The van der Waals surface area contributed by atoms with E-state index in [0.29, 0.717) is 12.1 Å². The smallest absolute Gasteiger partial charge is 0.209 e. The van der Waals surface area contributed by atoms with Gasteiger partial charge in [0.15, 0.2) is 0 Å². The lowest BCUT2D eigenvalue weighted by Crippen LogP contribution is -2.53. The molecule has 0 spiro atoms. The predicted octanol–water partition coefficient (Wildman–Crippen LogP) is 1.88. The summed E-state index contributed by atoms with van der Waals surface area (Å²) in [5.41, 5.74) is 0. The van der Waals surface area contributed by atoms with Gasteiger partial charge < -0.3 is 10.2 Å². The summed E-state index contributed by atoms with van der Waals surface area (Å²) < 4.78 is 0. The molecule has 1 aliphatic heterocycles. The molecule has 1 N–H and O–H groups in total. The first-order valence-electron chi connectivity index (χ1n) is 5.67. The van der Waals surface area contributed by atoms with Crippen LogP contribution < -0.4 is 5.32 Å². The van der Waals surface area contributed by atoms with E-state index in [4.69, 9.17) is 0 Å². The van der Waals surface area contributed by atoms with Gasteiger partial charge in [-0.15, -0.1) is 0 Å². The molecule has 1 saturated heterocycles. The topological polar surface area (TPSA) is 32.3 Å². The van der Waals surface area contributed by atoms with E-state index in [1.54, 1.807) is 0 Å². The van der Waals surface area contributed by atoms with Crippen LogP contribution in [0.2, 0.25) is 0 Å². The molecule has 14 heavy (non-hydrogen) atoms. The Morgan fingerprint density at radius 1 is 1.07 bits per heavy atom. The molecule has 1 aliphatic rings. The normalized spacial score (nSPS) is 25.1. The van der Waals surface area contributed by atoms with Gasteiger partial charge in [0.2, 0.25) is 6.41 Å². The van der Waals surface area contributed by atoms with Crippen LogP contribution in [-0.4, -0.2) is 36.5 Å². The third kappa shape index (κ3) is 6.89. The fraction of sp³-hybridized carbons (Fsp3) is 0.909. The second-order valence-electron chi connectivity index (χ2n) is 3.03. The average molecular weight is 202 g/mol. The summed E-state index contributed by atoms with van der Waals surface area (Å²) in [4.78, 5) is 12.2. The molecule has 1 amide bonds. The fourth-order valence-corrected chi connectivity index (χ4v) is 1.46. The molecule has 1 fully saturated rings. The van der Waals surface area contributed by atoms with Gasteiger partial charge in [-0.25, -0.2) is 0 Å². The van der Waals surface area contributed by atoms with Crippen molar-refractivity contribution in [2.24, 2.45) is 0 Å². The molecule has 0 aliphatic carbocycles. The molecule has 1 heterocycles. The molecule has 2 atom stereocenters. The highest BCUT2D eigenvalue weighted by atomic mass is 16.1. The van der Waals surface area contributed by atoms with E-state index in [2.05, 4.69) is 19.2 Å². The zero-order valence-corrected chi connectivity index (χ0v) is 10.5. The van der Waals surface area contributed by atoms with E-state index in [0.717, 1.165) is 19.5 Å². The second kappa shape index (κ2) is 10.5. The van der Waals surface area contributed by atoms with E-state index in [1.807, 2.05) is 32.6 Å². The summed E-state index contributed by atoms with van der Waals surface area (Å²) in [6.07, 6.45) is 0.924. The van der Waals surface area contributed by atoms with E-state index in [-0.39, 0.29) is 0 Å². The molecule has 0 radical (unpaired) electrons. The van der Waals surface area contributed by atoms with Crippen LogP contribution in [0, 0.1) is 0 Å². The van der Waals surface area contributed by atoms with Crippen molar-refractivity contribution >= 4 is 6.41 Å². The number of piperazine rings is 1. The molecule has 0 saturated carbocycles. The van der Waals surface area contributed by atoms with Crippen molar-refractivity contribution in [3.8, 4) is 0 Å². The molecule has 0 aromatic heterocycles. The molecular weight excluding hydrogens is 176 g/mol. The van der Waals surface area contributed by atoms with Gasteiger partial charge in [0, 0.05) is 25.2 Å². The minimum atomic E-state index is 0.439. The zero-order valence-electron chi connectivity index (χ0n) is 10.5. The molecule has 1 rings (SSSR count). The number of nitrogens with one attached hydrogen (secondary N) is 1. The van der Waals surface area contributed by atoms with Crippen molar-refractivity contribution in [2.75, 3.05) is 13.1 Å². The van der Waals surface area contributed by atoms with Gasteiger partial charge in [0.1, 0.15) is 0 Å². The first-order chi connectivity index (χ1) is 6.72. The van der Waals surface area contributed by atoms with Crippen LogP contribution in [0.3, 0.4) is 0 Å². The van der Waals surface area contributed by atoms with Crippen molar-refractivity contribution in [3.63, 3.8) is 0 Å². The van der Waals surface area contributed by atoms with E-state index < -0.39 is 0 Å². The van der Waals surface area contributed by atoms with Gasteiger partial charge in [-0.2, -0.15) is 0 Å². The van der Waals surface area contributed by atoms with Crippen LogP contribution in [-0.2, 0) is 4.79 Å². The van der Waals surface area contributed by atoms with E-state index in [1.165, 1.54) is 0 Å². The number of carbonyl (C=O) groups is 1. The Morgan fingerprint density at radius 2 is 1.43 bits per heavy atom. The van der Waals surface area contributed by atoms with Gasteiger partial charge in [0.05, 0.1) is 0 Å². The number of hydrogen-bond donors (Lipinski definition) is 1. The first kappa shape index (κ1) is 15.9. The summed E-state index contributed by atoms with van der Waals surface area (Å²) >= 11 is 0. The second-order valence-corrected chi connectivity index (χ2v) is 3.03. The number of nitrogens with zero attached hydrogens (tertiary/aromatic N) is 1. The number of carbonyl (C=O) groups excluding carboxylic acids is 1. The fourth-order valence-electron chi connectivity index (χ4n) is 1.46. The molecule has 3 heteroatoms. The summed E-state index contributed by atoms with van der Waals surface area (Å²) in [5, 5.41) is 3.34. The Bertz CT molecular complexity index is 118. The van der Waals surface area contributed by atoms with Crippen molar-refractivity contribution in [3.05, 3.63) is 0 Å². The lowest BCUT2D eigenvalue weighted by atomic mass is 10.2. The molecule has 0 bridgehead atoms. The minimum absolute atomic E-state index is 0.439. The third-order valence-electron chi connectivity index (χ3n) is 1.73. The van der Waals surface area contributed by atoms with Crippen LogP contribution in [0.4, 0.5) is 0 Å². The average Bonchev–Trinajstić information content (AvgIpc) is 2.22. The van der Waals surface area contributed by atoms with Gasteiger partial charge in [-0.05, 0) is 13.8 Å². The summed E-state index contributed by atoms with van der Waals surface area (Å²) in [6.45, 7) is 13.9. The zero-order chi connectivity index (χ0) is 11.6. The highest BCUT2D eigenvalue weighted by Crippen LogP contribution is 2.00. The highest BCUT2D eigenvalue weighted by Gasteiger charge is 2.18. The highest BCUT2D eigenvalue weighted by molar-refractivity contribution is 5.47. The van der Waals surface area contributed by atoms with Crippen LogP contribution in [0.25, 0.3) is 0 Å². The molecule has 86 valence electrons. The standard InChI is InChI=1S/C7H14N2O.2C2H6/c1-6-3-9(5-10)4-7(2)8-6;2*1-2/h5-8H,3-4H2,1-2H3;2*1-2H3. The lowest BCUT2D eigenvalue weighted by Gasteiger charge is -2.33. The van der Waals surface area contributed by atoms with E-state index in [9.17, 15) is 4.79 Å². The van der Waals surface area contributed by atoms with Crippen molar-refractivity contribution in [2.45, 2.75) is 53.6 Å². The lowest BCUT2D eigenvalue weighted by molar-refractivity contribution is -0.119. The van der Waals surface area contributed by atoms with Gasteiger partial charge in [-0.1, -0.05) is 27.7 Å². The van der Waals surface area contributed by atoms with Crippen molar-refractivity contribution in [1.29, 1.82) is 0 Å².